The molecule has 0 radical (unpaired) electrons. The lowest BCUT2D eigenvalue weighted by molar-refractivity contribution is -0.140. The Bertz CT molecular complexity index is 724. The lowest BCUT2D eigenvalue weighted by atomic mass is 10.2. The van der Waals surface area contributed by atoms with Gasteiger partial charge in [0, 0.05) is 12.4 Å². The van der Waals surface area contributed by atoms with Gasteiger partial charge < -0.3 is 15.5 Å². The van der Waals surface area contributed by atoms with E-state index in [-0.39, 0.29) is 5.56 Å². The second-order valence-electron chi connectivity index (χ2n) is 3.95. The van der Waals surface area contributed by atoms with Crippen LogP contribution in [0.1, 0.15) is 10.4 Å². The number of carboxylic acids is 1. The quantitative estimate of drug-likeness (QED) is 0.650. The van der Waals surface area contributed by atoms with Gasteiger partial charge in [0.05, 0.1) is 6.61 Å². The SMILES string of the molecule is O=C(NC(CO)C(=O)O)c1cnc2ccccn2c1=O. The van der Waals surface area contributed by atoms with Crippen molar-refractivity contribution in [2.45, 2.75) is 6.04 Å². The molecule has 2 aromatic rings. The van der Waals surface area contributed by atoms with Gasteiger partial charge in [0.2, 0.25) is 0 Å². The number of aliphatic carboxylic acids is 1. The molecule has 1 atom stereocenters. The Labute approximate surface area is 112 Å². The van der Waals surface area contributed by atoms with Crippen LogP contribution in [0.3, 0.4) is 0 Å². The molecule has 1 amide bonds. The summed E-state index contributed by atoms with van der Waals surface area (Å²) >= 11 is 0. The van der Waals surface area contributed by atoms with Crippen LogP contribution in [-0.2, 0) is 4.79 Å². The summed E-state index contributed by atoms with van der Waals surface area (Å²) in [6.45, 7) is -0.774. The van der Waals surface area contributed by atoms with Gasteiger partial charge in [0.25, 0.3) is 11.5 Å². The molecule has 0 bridgehead atoms. The van der Waals surface area contributed by atoms with Crippen LogP contribution in [0.15, 0.2) is 35.4 Å². The number of hydrogen-bond donors (Lipinski definition) is 3. The normalized spacial score (nSPS) is 12.1. The zero-order valence-corrected chi connectivity index (χ0v) is 10.2. The Morgan fingerprint density at radius 1 is 1.40 bits per heavy atom. The average molecular weight is 277 g/mol. The number of aliphatic hydroxyl groups is 1. The van der Waals surface area contributed by atoms with Crippen molar-refractivity contribution in [2.75, 3.05) is 6.61 Å². The number of rotatable bonds is 4. The van der Waals surface area contributed by atoms with Crippen LogP contribution in [0.25, 0.3) is 5.65 Å². The van der Waals surface area contributed by atoms with Gasteiger partial charge in [0.15, 0.2) is 6.04 Å². The van der Waals surface area contributed by atoms with Gasteiger partial charge in [-0.3, -0.25) is 14.0 Å². The van der Waals surface area contributed by atoms with Gasteiger partial charge >= 0.3 is 5.97 Å². The number of carbonyl (C=O) groups excluding carboxylic acids is 1. The zero-order valence-electron chi connectivity index (χ0n) is 10.2. The highest BCUT2D eigenvalue weighted by atomic mass is 16.4. The molecule has 0 aromatic carbocycles. The number of nitrogens with one attached hydrogen (secondary N) is 1. The Morgan fingerprint density at radius 3 is 2.80 bits per heavy atom. The lowest BCUT2D eigenvalue weighted by Gasteiger charge is -2.11. The van der Waals surface area contributed by atoms with E-state index in [9.17, 15) is 14.4 Å². The molecule has 20 heavy (non-hydrogen) atoms. The van der Waals surface area contributed by atoms with Gasteiger partial charge in [-0.1, -0.05) is 6.07 Å². The molecule has 0 saturated carbocycles. The second kappa shape index (κ2) is 5.49. The summed E-state index contributed by atoms with van der Waals surface area (Å²) in [5, 5.41) is 19.6. The first-order valence-electron chi connectivity index (χ1n) is 5.65. The summed E-state index contributed by atoms with van der Waals surface area (Å²) in [4.78, 5) is 38.6. The maximum Gasteiger partial charge on any atom is 0.328 e. The van der Waals surface area contributed by atoms with Crippen molar-refractivity contribution in [3.8, 4) is 0 Å². The molecule has 8 heteroatoms. The highest BCUT2D eigenvalue weighted by molar-refractivity contribution is 5.96. The summed E-state index contributed by atoms with van der Waals surface area (Å²) in [7, 11) is 0. The molecular weight excluding hydrogens is 266 g/mol. The van der Waals surface area contributed by atoms with Crippen LogP contribution in [0.5, 0.6) is 0 Å². The Hall–Kier alpha value is -2.74. The molecular formula is C12H11N3O5. The van der Waals surface area contributed by atoms with E-state index in [0.717, 1.165) is 6.20 Å². The maximum atomic E-state index is 12.1. The van der Waals surface area contributed by atoms with E-state index in [4.69, 9.17) is 10.2 Å². The molecule has 0 aliphatic carbocycles. The molecule has 104 valence electrons. The fraction of sp³-hybridized carbons (Fsp3) is 0.167. The predicted molar refractivity (Wildman–Crippen MR) is 67.4 cm³/mol. The van der Waals surface area contributed by atoms with Crippen molar-refractivity contribution in [3.05, 3.63) is 46.5 Å². The summed E-state index contributed by atoms with van der Waals surface area (Å²) < 4.78 is 1.17. The molecule has 1 unspecified atom stereocenters. The number of pyridine rings is 1. The standard InChI is InChI=1S/C12H11N3O5/c16-6-8(12(19)20)14-10(17)7-5-13-9-3-1-2-4-15(9)11(7)18/h1-5,8,16H,6H2,(H,14,17)(H,19,20). The first kappa shape index (κ1) is 13.7. The van der Waals surface area contributed by atoms with Crippen LogP contribution in [0.4, 0.5) is 0 Å². The van der Waals surface area contributed by atoms with Crippen molar-refractivity contribution in [1.29, 1.82) is 0 Å². The van der Waals surface area contributed by atoms with Crippen molar-refractivity contribution in [3.63, 3.8) is 0 Å². The summed E-state index contributed by atoms with van der Waals surface area (Å²) in [6.07, 6.45) is 2.52. The molecule has 2 heterocycles. The van der Waals surface area contributed by atoms with Gasteiger partial charge in [-0.2, -0.15) is 0 Å². The molecule has 3 N–H and O–H groups in total. The number of carboxylic acid groups (broad SMARTS) is 1. The summed E-state index contributed by atoms with van der Waals surface area (Å²) in [5.41, 5.74) is -0.547. The third-order valence-electron chi connectivity index (χ3n) is 2.64. The van der Waals surface area contributed by atoms with Crippen LogP contribution in [-0.4, -0.2) is 44.1 Å². The number of aliphatic hydroxyl groups excluding tert-OH is 1. The van der Waals surface area contributed by atoms with Crippen molar-refractivity contribution in [2.24, 2.45) is 0 Å². The Balaban J connectivity index is 2.38. The number of hydrogen-bond acceptors (Lipinski definition) is 5. The monoisotopic (exact) mass is 277 g/mol. The van der Waals surface area contributed by atoms with Gasteiger partial charge in [-0.25, -0.2) is 9.78 Å². The van der Waals surface area contributed by atoms with E-state index in [0.29, 0.717) is 5.65 Å². The number of fused-ring (bicyclic) bond motifs is 1. The maximum absolute atomic E-state index is 12.1. The minimum atomic E-state index is -1.47. The third-order valence-corrected chi connectivity index (χ3v) is 2.64. The van der Waals surface area contributed by atoms with Gasteiger partial charge in [-0.05, 0) is 12.1 Å². The topological polar surface area (TPSA) is 121 Å². The van der Waals surface area contributed by atoms with Crippen LogP contribution >= 0.6 is 0 Å². The van der Waals surface area contributed by atoms with E-state index >= 15 is 0 Å². The number of aromatic nitrogens is 2. The molecule has 8 nitrogen and oxygen atoms in total. The molecule has 0 fully saturated rings. The molecule has 0 spiro atoms. The fourth-order valence-corrected chi connectivity index (χ4v) is 1.60. The zero-order chi connectivity index (χ0) is 14.7. The van der Waals surface area contributed by atoms with Gasteiger partial charge in [-0.15, -0.1) is 0 Å². The molecule has 2 rings (SSSR count). The molecule has 0 saturated heterocycles. The minimum absolute atomic E-state index is 0.298. The van der Waals surface area contributed by atoms with Crippen LogP contribution in [0.2, 0.25) is 0 Å². The summed E-state index contributed by atoms with van der Waals surface area (Å²) in [5.74, 6) is -2.29. The number of nitrogens with zero attached hydrogens (tertiary/aromatic N) is 2. The smallest absolute Gasteiger partial charge is 0.328 e. The molecule has 2 aromatic heterocycles. The third kappa shape index (κ3) is 2.50. The number of carbonyl (C=O) groups is 2. The minimum Gasteiger partial charge on any atom is -0.480 e. The van der Waals surface area contributed by atoms with Crippen molar-refractivity contribution < 1.29 is 19.8 Å². The van der Waals surface area contributed by atoms with E-state index in [2.05, 4.69) is 4.98 Å². The fourth-order valence-electron chi connectivity index (χ4n) is 1.60. The van der Waals surface area contributed by atoms with E-state index in [1.807, 2.05) is 5.32 Å². The number of amides is 1. The Morgan fingerprint density at radius 2 is 2.15 bits per heavy atom. The summed E-state index contributed by atoms with van der Waals surface area (Å²) in [6, 6.07) is 3.41. The highest BCUT2D eigenvalue weighted by Crippen LogP contribution is 1.98. The largest absolute Gasteiger partial charge is 0.480 e. The predicted octanol–water partition coefficient (Wildman–Crippen LogP) is -1.13. The van der Waals surface area contributed by atoms with E-state index in [1.165, 1.54) is 10.6 Å². The van der Waals surface area contributed by atoms with E-state index < -0.39 is 30.1 Å². The highest BCUT2D eigenvalue weighted by Gasteiger charge is 2.21. The first-order chi connectivity index (χ1) is 9.54. The van der Waals surface area contributed by atoms with Gasteiger partial charge in [0.1, 0.15) is 11.2 Å². The van der Waals surface area contributed by atoms with Crippen molar-refractivity contribution in [1.82, 2.24) is 14.7 Å². The van der Waals surface area contributed by atoms with Crippen LogP contribution in [0, 0.1) is 0 Å². The average Bonchev–Trinajstić information content (AvgIpc) is 2.44. The van der Waals surface area contributed by atoms with Crippen molar-refractivity contribution >= 4 is 17.5 Å². The molecule has 0 aliphatic heterocycles. The Kier molecular flexibility index (Phi) is 3.76. The van der Waals surface area contributed by atoms with E-state index in [1.54, 1.807) is 18.2 Å². The second-order valence-corrected chi connectivity index (χ2v) is 3.95. The molecule has 0 aliphatic rings. The lowest BCUT2D eigenvalue weighted by Crippen LogP contribution is -2.45. The van der Waals surface area contributed by atoms with Crippen LogP contribution < -0.4 is 10.9 Å². The first-order valence-corrected chi connectivity index (χ1v) is 5.65.